The highest BCUT2D eigenvalue weighted by atomic mass is 16.1. The summed E-state index contributed by atoms with van der Waals surface area (Å²) < 4.78 is 1.94. The van der Waals surface area contributed by atoms with Gasteiger partial charge in [-0.15, -0.1) is 0 Å². The summed E-state index contributed by atoms with van der Waals surface area (Å²) in [6.07, 6.45) is 1.87. The van der Waals surface area contributed by atoms with Gasteiger partial charge in [-0.3, -0.25) is 9.48 Å². The smallest absolute Gasteiger partial charge is 0.143 e. The van der Waals surface area contributed by atoms with E-state index in [0.717, 1.165) is 29.9 Å². The summed E-state index contributed by atoms with van der Waals surface area (Å²) in [5.41, 5.74) is 5.62. The van der Waals surface area contributed by atoms with Crippen LogP contribution < -0.4 is 0 Å². The van der Waals surface area contributed by atoms with Gasteiger partial charge in [0.25, 0.3) is 0 Å². The highest BCUT2D eigenvalue weighted by Crippen LogP contribution is 2.12. The molecule has 2 aromatic rings. The molecule has 0 aliphatic rings. The largest absolute Gasteiger partial charge is 0.299 e. The van der Waals surface area contributed by atoms with Gasteiger partial charge in [0.05, 0.1) is 5.69 Å². The van der Waals surface area contributed by atoms with E-state index in [1.54, 1.807) is 0 Å². The molecule has 0 saturated carbocycles. The minimum Gasteiger partial charge on any atom is -0.299 e. The van der Waals surface area contributed by atoms with E-state index in [1.807, 2.05) is 4.68 Å². The highest BCUT2D eigenvalue weighted by molar-refractivity contribution is 5.82. The molecule has 0 radical (unpaired) electrons. The van der Waals surface area contributed by atoms with Crippen LogP contribution in [-0.4, -0.2) is 15.6 Å². The van der Waals surface area contributed by atoms with Gasteiger partial charge in [0.1, 0.15) is 5.78 Å². The minimum absolute atomic E-state index is 0.247. The zero-order valence-corrected chi connectivity index (χ0v) is 13.4. The van der Waals surface area contributed by atoms with Crippen molar-refractivity contribution in [2.75, 3.05) is 0 Å². The summed E-state index contributed by atoms with van der Waals surface area (Å²) in [5.74, 6) is 0.247. The predicted molar refractivity (Wildman–Crippen MR) is 85.6 cm³/mol. The average molecular weight is 284 g/mol. The summed E-state index contributed by atoms with van der Waals surface area (Å²) in [6, 6.07) is 8.38. The normalized spacial score (nSPS) is 10.9. The number of aromatic nitrogens is 2. The Hall–Kier alpha value is -1.90. The molecule has 0 bridgehead atoms. The Bertz CT molecular complexity index is 620. The van der Waals surface area contributed by atoms with E-state index in [9.17, 15) is 4.79 Å². The lowest BCUT2D eigenvalue weighted by molar-refractivity contribution is -0.117. The SMILES string of the molecule is CCc1cc(CC(=O)Cc2cc(C)cc(C)c2)n(CC)n1. The van der Waals surface area contributed by atoms with Crippen LogP contribution in [0.5, 0.6) is 0 Å². The fourth-order valence-electron chi connectivity index (χ4n) is 2.77. The van der Waals surface area contributed by atoms with Crippen LogP contribution in [0.25, 0.3) is 0 Å². The van der Waals surface area contributed by atoms with Crippen molar-refractivity contribution < 1.29 is 4.79 Å². The van der Waals surface area contributed by atoms with Gasteiger partial charge in [-0.25, -0.2) is 0 Å². The molecular weight excluding hydrogens is 260 g/mol. The zero-order valence-electron chi connectivity index (χ0n) is 13.4. The molecule has 0 unspecified atom stereocenters. The summed E-state index contributed by atoms with van der Waals surface area (Å²) in [7, 11) is 0. The Labute approximate surface area is 127 Å². The number of carbonyl (C=O) groups is 1. The fraction of sp³-hybridized carbons (Fsp3) is 0.444. The number of carbonyl (C=O) groups excluding carboxylic acids is 1. The summed E-state index contributed by atoms with van der Waals surface area (Å²) in [5, 5.41) is 4.50. The lowest BCUT2D eigenvalue weighted by Gasteiger charge is -2.06. The number of benzene rings is 1. The first-order valence-electron chi connectivity index (χ1n) is 7.66. The van der Waals surface area contributed by atoms with Gasteiger partial charge in [0, 0.05) is 25.1 Å². The molecule has 0 amide bonds. The second-order valence-electron chi connectivity index (χ2n) is 5.68. The molecule has 0 aliphatic carbocycles. The van der Waals surface area contributed by atoms with E-state index in [-0.39, 0.29) is 5.78 Å². The van der Waals surface area contributed by atoms with Crippen LogP contribution in [0.4, 0.5) is 0 Å². The molecule has 0 saturated heterocycles. The van der Waals surface area contributed by atoms with Crippen molar-refractivity contribution in [3.63, 3.8) is 0 Å². The lowest BCUT2D eigenvalue weighted by atomic mass is 10.0. The van der Waals surface area contributed by atoms with E-state index < -0.39 is 0 Å². The molecule has 0 aliphatic heterocycles. The lowest BCUT2D eigenvalue weighted by Crippen LogP contribution is -2.11. The van der Waals surface area contributed by atoms with Gasteiger partial charge in [-0.1, -0.05) is 36.2 Å². The molecule has 112 valence electrons. The number of hydrogen-bond donors (Lipinski definition) is 0. The first-order chi connectivity index (χ1) is 10.0. The van der Waals surface area contributed by atoms with E-state index in [1.165, 1.54) is 11.1 Å². The Kier molecular flexibility index (Phi) is 4.94. The maximum Gasteiger partial charge on any atom is 0.143 e. The van der Waals surface area contributed by atoms with Crippen LogP contribution in [0.15, 0.2) is 24.3 Å². The number of Topliss-reactive ketones (excluding diaryl/α,β-unsaturated/α-hetero) is 1. The number of aryl methyl sites for hydroxylation is 4. The third-order valence-electron chi connectivity index (χ3n) is 3.64. The van der Waals surface area contributed by atoms with Crippen molar-refractivity contribution >= 4 is 5.78 Å². The maximum absolute atomic E-state index is 12.3. The van der Waals surface area contributed by atoms with E-state index >= 15 is 0 Å². The summed E-state index contributed by atoms with van der Waals surface area (Å²) in [4.78, 5) is 12.3. The number of ketones is 1. The Morgan fingerprint density at radius 2 is 1.71 bits per heavy atom. The van der Waals surface area contributed by atoms with Crippen molar-refractivity contribution in [2.45, 2.75) is 53.5 Å². The fourth-order valence-corrected chi connectivity index (χ4v) is 2.77. The second-order valence-corrected chi connectivity index (χ2v) is 5.68. The first kappa shape index (κ1) is 15.5. The Morgan fingerprint density at radius 3 is 2.29 bits per heavy atom. The molecule has 0 spiro atoms. The zero-order chi connectivity index (χ0) is 15.4. The summed E-state index contributed by atoms with van der Waals surface area (Å²) >= 11 is 0. The Balaban J connectivity index is 2.09. The molecule has 21 heavy (non-hydrogen) atoms. The molecule has 3 heteroatoms. The van der Waals surface area contributed by atoms with Crippen molar-refractivity contribution in [1.29, 1.82) is 0 Å². The van der Waals surface area contributed by atoms with Crippen LogP contribution in [-0.2, 0) is 30.6 Å². The molecule has 0 fully saturated rings. The summed E-state index contributed by atoms with van der Waals surface area (Å²) in [6.45, 7) is 9.10. The van der Waals surface area contributed by atoms with Gasteiger partial charge in [-0.05, 0) is 38.8 Å². The third kappa shape index (κ3) is 4.03. The molecule has 1 aromatic heterocycles. The van der Waals surface area contributed by atoms with E-state index in [4.69, 9.17) is 0 Å². The van der Waals surface area contributed by atoms with Gasteiger partial charge >= 0.3 is 0 Å². The molecule has 3 nitrogen and oxygen atoms in total. The van der Waals surface area contributed by atoms with Gasteiger partial charge in [0.2, 0.25) is 0 Å². The Morgan fingerprint density at radius 1 is 1.05 bits per heavy atom. The molecule has 1 heterocycles. The van der Waals surface area contributed by atoms with Crippen LogP contribution in [0, 0.1) is 13.8 Å². The molecule has 1 aromatic carbocycles. The molecule has 2 rings (SSSR count). The standard InChI is InChI=1S/C18H24N2O/c1-5-16-11-17(20(6-2)19-16)12-18(21)10-15-8-13(3)7-14(4)9-15/h7-9,11H,5-6,10,12H2,1-4H3. The van der Waals surface area contributed by atoms with Crippen molar-refractivity contribution in [1.82, 2.24) is 9.78 Å². The molecule has 0 N–H and O–H groups in total. The minimum atomic E-state index is 0.247. The van der Waals surface area contributed by atoms with E-state index in [0.29, 0.717) is 12.8 Å². The average Bonchev–Trinajstić information content (AvgIpc) is 2.79. The number of nitrogens with zero attached hydrogens (tertiary/aromatic N) is 2. The monoisotopic (exact) mass is 284 g/mol. The first-order valence-corrected chi connectivity index (χ1v) is 7.66. The third-order valence-corrected chi connectivity index (χ3v) is 3.64. The van der Waals surface area contributed by atoms with Gasteiger partial charge in [-0.2, -0.15) is 5.10 Å². The van der Waals surface area contributed by atoms with E-state index in [2.05, 4.69) is 57.1 Å². The van der Waals surface area contributed by atoms with Crippen LogP contribution >= 0.6 is 0 Å². The molecular formula is C18H24N2O. The second kappa shape index (κ2) is 6.70. The van der Waals surface area contributed by atoms with Crippen LogP contribution in [0.1, 0.15) is 41.9 Å². The topological polar surface area (TPSA) is 34.9 Å². The van der Waals surface area contributed by atoms with Gasteiger partial charge < -0.3 is 0 Å². The van der Waals surface area contributed by atoms with Crippen LogP contribution in [0.3, 0.4) is 0 Å². The molecule has 0 atom stereocenters. The van der Waals surface area contributed by atoms with Gasteiger partial charge in [0.15, 0.2) is 0 Å². The quantitative estimate of drug-likeness (QED) is 0.814. The predicted octanol–water partition coefficient (Wildman–Crippen LogP) is 3.44. The maximum atomic E-state index is 12.3. The van der Waals surface area contributed by atoms with Crippen LogP contribution in [0.2, 0.25) is 0 Å². The van der Waals surface area contributed by atoms with Crippen molar-refractivity contribution in [3.05, 3.63) is 52.3 Å². The van der Waals surface area contributed by atoms with Crippen molar-refractivity contribution in [3.8, 4) is 0 Å². The highest BCUT2D eigenvalue weighted by Gasteiger charge is 2.11. The number of rotatable bonds is 6. The van der Waals surface area contributed by atoms with Crippen molar-refractivity contribution in [2.24, 2.45) is 0 Å². The number of hydrogen-bond acceptors (Lipinski definition) is 2.